The second-order valence-corrected chi connectivity index (χ2v) is 4.23. The van der Waals surface area contributed by atoms with Crippen molar-refractivity contribution in [1.82, 2.24) is 4.98 Å². The predicted octanol–water partition coefficient (Wildman–Crippen LogP) is 2.23. The molecule has 1 N–H and O–H groups in total. The van der Waals surface area contributed by atoms with Gasteiger partial charge in [-0.25, -0.2) is 0 Å². The molecule has 0 radical (unpaired) electrons. The summed E-state index contributed by atoms with van der Waals surface area (Å²) in [5, 5.41) is 3.52. The molecule has 1 unspecified atom stereocenters. The van der Waals surface area contributed by atoms with Crippen LogP contribution in [-0.4, -0.2) is 24.7 Å². The van der Waals surface area contributed by atoms with Gasteiger partial charge in [0.25, 0.3) is 0 Å². The van der Waals surface area contributed by atoms with Crippen molar-refractivity contribution >= 4 is 5.69 Å². The van der Waals surface area contributed by atoms with Gasteiger partial charge in [0, 0.05) is 13.3 Å². The summed E-state index contributed by atoms with van der Waals surface area (Å²) >= 11 is 0. The Labute approximate surface area is 90.9 Å². The molecule has 3 heteroatoms. The SMILES string of the molecule is COCC(Nc1cnccc1C)C1CC1. The van der Waals surface area contributed by atoms with Crippen LogP contribution in [0.3, 0.4) is 0 Å². The number of aromatic nitrogens is 1. The molecule has 0 aromatic carbocycles. The van der Waals surface area contributed by atoms with E-state index in [-0.39, 0.29) is 0 Å². The molecule has 1 aliphatic carbocycles. The maximum absolute atomic E-state index is 5.23. The third kappa shape index (κ3) is 2.69. The van der Waals surface area contributed by atoms with E-state index >= 15 is 0 Å². The highest BCUT2D eigenvalue weighted by Crippen LogP contribution is 2.34. The first kappa shape index (κ1) is 10.4. The molecule has 1 aliphatic rings. The van der Waals surface area contributed by atoms with Gasteiger partial charge >= 0.3 is 0 Å². The minimum Gasteiger partial charge on any atom is -0.383 e. The van der Waals surface area contributed by atoms with Crippen molar-refractivity contribution in [2.75, 3.05) is 19.0 Å². The van der Waals surface area contributed by atoms with Crippen LogP contribution in [0.15, 0.2) is 18.5 Å². The summed E-state index contributed by atoms with van der Waals surface area (Å²) in [6, 6.07) is 2.47. The van der Waals surface area contributed by atoms with Crippen LogP contribution in [0.25, 0.3) is 0 Å². The van der Waals surface area contributed by atoms with Crippen molar-refractivity contribution in [3.05, 3.63) is 24.0 Å². The van der Waals surface area contributed by atoms with Crippen molar-refractivity contribution in [2.45, 2.75) is 25.8 Å². The van der Waals surface area contributed by atoms with E-state index in [1.54, 1.807) is 7.11 Å². The van der Waals surface area contributed by atoms with E-state index in [4.69, 9.17) is 4.74 Å². The summed E-state index contributed by atoms with van der Waals surface area (Å²) in [7, 11) is 1.76. The lowest BCUT2D eigenvalue weighted by Crippen LogP contribution is -2.27. The number of ether oxygens (including phenoxy) is 1. The molecule has 82 valence electrons. The first-order valence-corrected chi connectivity index (χ1v) is 5.47. The van der Waals surface area contributed by atoms with Crippen LogP contribution in [0, 0.1) is 12.8 Å². The third-order valence-corrected chi connectivity index (χ3v) is 2.92. The van der Waals surface area contributed by atoms with Gasteiger partial charge in [0.05, 0.1) is 24.5 Å². The van der Waals surface area contributed by atoms with E-state index in [0.29, 0.717) is 6.04 Å². The number of rotatable bonds is 5. The molecular formula is C12H18N2O. The molecule has 2 rings (SSSR count). The Morgan fingerprint density at radius 1 is 1.60 bits per heavy atom. The average molecular weight is 206 g/mol. The molecule has 1 aromatic heterocycles. The molecule has 0 bridgehead atoms. The Bertz CT molecular complexity index is 323. The molecule has 1 aromatic rings. The molecule has 15 heavy (non-hydrogen) atoms. The van der Waals surface area contributed by atoms with Gasteiger partial charge in [0.15, 0.2) is 0 Å². The number of aryl methyl sites for hydroxylation is 1. The number of pyridine rings is 1. The predicted molar refractivity (Wildman–Crippen MR) is 61.0 cm³/mol. The molecule has 0 spiro atoms. The fourth-order valence-electron chi connectivity index (χ4n) is 1.79. The minimum absolute atomic E-state index is 0.442. The quantitative estimate of drug-likeness (QED) is 0.802. The van der Waals surface area contributed by atoms with Crippen molar-refractivity contribution < 1.29 is 4.74 Å². The van der Waals surface area contributed by atoms with Crippen molar-refractivity contribution in [3.8, 4) is 0 Å². The van der Waals surface area contributed by atoms with E-state index < -0.39 is 0 Å². The number of nitrogens with one attached hydrogen (secondary N) is 1. The van der Waals surface area contributed by atoms with Crippen LogP contribution < -0.4 is 5.32 Å². The molecule has 1 heterocycles. The Kier molecular flexibility index (Phi) is 3.21. The third-order valence-electron chi connectivity index (χ3n) is 2.92. The number of hydrogen-bond acceptors (Lipinski definition) is 3. The van der Waals surface area contributed by atoms with Crippen LogP contribution in [0.1, 0.15) is 18.4 Å². The maximum Gasteiger partial charge on any atom is 0.0666 e. The standard InChI is InChI=1S/C12H18N2O/c1-9-5-6-13-7-11(9)14-12(8-15-2)10-3-4-10/h5-7,10,12,14H,3-4,8H2,1-2H3. The molecule has 0 saturated heterocycles. The second kappa shape index (κ2) is 4.62. The second-order valence-electron chi connectivity index (χ2n) is 4.23. The fourth-order valence-corrected chi connectivity index (χ4v) is 1.79. The molecule has 1 atom stereocenters. The van der Waals surface area contributed by atoms with Gasteiger partial charge in [0.1, 0.15) is 0 Å². The monoisotopic (exact) mass is 206 g/mol. The fraction of sp³-hybridized carbons (Fsp3) is 0.583. The van der Waals surface area contributed by atoms with Crippen molar-refractivity contribution in [3.63, 3.8) is 0 Å². The van der Waals surface area contributed by atoms with Crippen LogP contribution in [0.2, 0.25) is 0 Å². The number of methoxy groups -OCH3 is 1. The summed E-state index contributed by atoms with van der Waals surface area (Å²) in [6.45, 7) is 2.87. The largest absolute Gasteiger partial charge is 0.383 e. The average Bonchev–Trinajstić information content (AvgIpc) is 3.04. The van der Waals surface area contributed by atoms with E-state index in [2.05, 4.69) is 17.2 Å². The minimum atomic E-state index is 0.442. The highest BCUT2D eigenvalue weighted by atomic mass is 16.5. The summed E-state index contributed by atoms with van der Waals surface area (Å²) in [5.74, 6) is 0.782. The van der Waals surface area contributed by atoms with Gasteiger partial charge in [-0.15, -0.1) is 0 Å². The van der Waals surface area contributed by atoms with Gasteiger partial charge in [-0.3, -0.25) is 4.98 Å². The highest BCUT2D eigenvalue weighted by Gasteiger charge is 2.31. The lowest BCUT2D eigenvalue weighted by atomic mass is 10.1. The Morgan fingerprint density at radius 3 is 3.00 bits per heavy atom. The summed E-state index contributed by atoms with van der Waals surface area (Å²) in [6.07, 6.45) is 6.35. The van der Waals surface area contributed by atoms with E-state index in [1.807, 2.05) is 18.5 Å². The van der Waals surface area contributed by atoms with Gasteiger partial charge in [-0.1, -0.05) is 0 Å². The maximum atomic E-state index is 5.23. The molecule has 0 aliphatic heterocycles. The van der Waals surface area contributed by atoms with Gasteiger partial charge in [0.2, 0.25) is 0 Å². The smallest absolute Gasteiger partial charge is 0.0666 e. The van der Waals surface area contributed by atoms with Crippen LogP contribution in [-0.2, 0) is 4.74 Å². The first-order valence-electron chi connectivity index (χ1n) is 5.47. The summed E-state index contributed by atoms with van der Waals surface area (Å²) in [5.41, 5.74) is 2.37. The van der Waals surface area contributed by atoms with Crippen LogP contribution in [0.5, 0.6) is 0 Å². The number of nitrogens with zero attached hydrogens (tertiary/aromatic N) is 1. The molecule has 1 saturated carbocycles. The lowest BCUT2D eigenvalue weighted by Gasteiger charge is -2.19. The summed E-state index contributed by atoms with van der Waals surface area (Å²) in [4.78, 5) is 4.14. The van der Waals surface area contributed by atoms with Gasteiger partial charge < -0.3 is 10.1 Å². The molecule has 0 amide bonds. The zero-order valence-electron chi connectivity index (χ0n) is 9.36. The Morgan fingerprint density at radius 2 is 2.40 bits per heavy atom. The molecule has 1 fully saturated rings. The van der Waals surface area contributed by atoms with Crippen LogP contribution in [0.4, 0.5) is 5.69 Å². The summed E-state index contributed by atoms with van der Waals surface area (Å²) < 4.78 is 5.23. The van der Waals surface area contributed by atoms with E-state index in [0.717, 1.165) is 18.2 Å². The highest BCUT2D eigenvalue weighted by molar-refractivity contribution is 5.49. The number of anilines is 1. The Balaban J connectivity index is 2.02. The Hall–Kier alpha value is -1.09. The molecule has 3 nitrogen and oxygen atoms in total. The topological polar surface area (TPSA) is 34.1 Å². The normalized spacial score (nSPS) is 17.5. The molecular weight excluding hydrogens is 188 g/mol. The lowest BCUT2D eigenvalue weighted by molar-refractivity contribution is 0.179. The van der Waals surface area contributed by atoms with Crippen molar-refractivity contribution in [2.24, 2.45) is 5.92 Å². The number of hydrogen-bond donors (Lipinski definition) is 1. The first-order chi connectivity index (χ1) is 7.31. The van der Waals surface area contributed by atoms with E-state index in [1.165, 1.54) is 18.4 Å². The van der Waals surface area contributed by atoms with Gasteiger partial charge in [-0.05, 0) is 37.3 Å². The van der Waals surface area contributed by atoms with Gasteiger partial charge in [-0.2, -0.15) is 0 Å². The van der Waals surface area contributed by atoms with E-state index in [9.17, 15) is 0 Å². The van der Waals surface area contributed by atoms with Crippen molar-refractivity contribution in [1.29, 1.82) is 0 Å². The zero-order chi connectivity index (χ0) is 10.7. The zero-order valence-corrected chi connectivity index (χ0v) is 9.36. The van der Waals surface area contributed by atoms with Crippen LogP contribution >= 0.6 is 0 Å².